The van der Waals surface area contributed by atoms with Crippen LogP contribution in [-0.2, 0) is 20.9 Å². The van der Waals surface area contributed by atoms with E-state index in [2.05, 4.69) is 5.32 Å². The number of amides is 1. The summed E-state index contributed by atoms with van der Waals surface area (Å²) in [5.41, 5.74) is -2.24. The number of nitrogens with one attached hydrogen (secondary N) is 1. The Morgan fingerprint density at radius 3 is 2.57 bits per heavy atom. The number of unbranched alkanes of at least 4 members (excludes halogenated alkanes) is 3. The molecule has 184 valence electrons. The number of benzene rings is 2. The minimum atomic E-state index is -2.60. The van der Waals surface area contributed by atoms with Crippen molar-refractivity contribution >= 4 is 23.2 Å². The monoisotopic (exact) mass is 480 g/mol. The van der Waals surface area contributed by atoms with Crippen LogP contribution >= 0.6 is 0 Å². The quantitative estimate of drug-likeness (QED) is 0.240. The first-order valence-corrected chi connectivity index (χ1v) is 11.8. The van der Waals surface area contributed by atoms with Crippen molar-refractivity contribution in [3.63, 3.8) is 0 Å². The van der Waals surface area contributed by atoms with Crippen LogP contribution in [0.4, 0.5) is 5.69 Å². The van der Waals surface area contributed by atoms with Gasteiger partial charge >= 0.3 is 0 Å². The first kappa shape index (κ1) is 24.5. The lowest BCUT2D eigenvalue weighted by atomic mass is 9.82. The Kier molecular flexibility index (Phi) is 6.23. The number of nitro benzene ring substituents is 1. The van der Waals surface area contributed by atoms with Gasteiger partial charge in [-0.25, -0.2) is 0 Å². The van der Waals surface area contributed by atoms with Gasteiger partial charge in [-0.1, -0.05) is 64.3 Å². The summed E-state index contributed by atoms with van der Waals surface area (Å²) in [5, 5.41) is 26.2. The Morgan fingerprint density at radius 1 is 1.17 bits per heavy atom. The number of fused-ring (bicyclic) bond motifs is 5. The average molecular weight is 481 g/mol. The number of aliphatic hydroxyl groups is 1. The first-order chi connectivity index (χ1) is 16.6. The summed E-state index contributed by atoms with van der Waals surface area (Å²) in [6.45, 7) is 5.93. The zero-order valence-corrected chi connectivity index (χ0v) is 19.9. The molecule has 2 N–H and O–H groups in total. The van der Waals surface area contributed by atoms with Crippen molar-refractivity contribution < 1.29 is 29.2 Å². The van der Waals surface area contributed by atoms with E-state index in [1.165, 1.54) is 12.1 Å². The molecule has 4 rings (SSSR count). The zero-order valence-electron chi connectivity index (χ0n) is 19.9. The molecule has 0 fully saturated rings. The van der Waals surface area contributed by atoms with Crippen LogP contribution in [0.2, 0.25) is 0 Å². The largest absolute Gasteiger partial charge is 0.454 e. The molecule has 0 radical (unpaired) electrons. The maximum absolute atomic E-state index is 13.8. The number of hydrogen-bond donors (Lipinski definition) is 2. The number of ether oxygens (including phenoxy) is 1. The Bertz CT molecular complexity index is 1240. The number of carbonyl (C=O) groups excluding carboxylic acids is 3. The second kappa shape index (κ2) is 8.88. The lowest BCUT2D eigenvalue weighted by Crippen LogP contribution is -2.61. The van der Waals surface area contributed by atoms with Crippen molar-refractivity contribution in [1.82, 2.24) is 5.32 Å². The van der Waals surface area contributed by atoms with Crippen molar-refractivity contribution in [3.8, 4) is 5.75 Å². The summed E-state index contributed by atoms with van der Waals surface area (Å²) in [4.78, 5) is 50.6. The van der Waals surface area contributed by atoms with E-state index >= 15 is 0 Å². The predicted octanol–water partition coefficient (Wildman–Crippen LogP) is 4.00. The highest BCUT2D eigenvalue weighted by Gasteiger charge is 2.73. The number of carbonyl (C=O) groups is 3. The van der Waals surface area contributed by atoms with Gasteiger partial charge in [-0.05, 0) is 24.0 Å². The minimum absolute atomic E-state index is 0.0123. The molecule has 2 aliphatic rings. The molecule has 1 amide bonds. The molecule has 2 aromatic rings. The molecule has 35 heavy (non-hydrogen) atoms. The Hall–Kier alpha value is -3.59. The fourth-order valence-corrected chi connectivity index (χ4v) is 4.94. The SMILES string of the molecule is CCCCCCC(=O)C(=O)NC12C(=O)c3cccc([N+](=O)[O-])c3C1(O)Oc1cc(C(C)C)ccc12. The van der Waals surface area contributed by atoms with Gasteiger partial charge in [-0.2, -0.15) is 0 Å². The molecule has 0 spiro atoms. The smallest absolute Gasteiger partial charge is 0.288 e. The van der Waals surface area contributed by atoms with E-state index in [0.717, 1.165) is 30.9 Å². The van der Waals surface area contributed by atoms with Gasteiger partial charge in [0.2, 0.25) is 17.1 Å². The molecule has 1 heterocycles. The van der Waals surface area contributed by atoms with E-state index in [0.29, 0.717) is 6.42 Å². The van der Waals surface area contributed by atoms with E-state index in [4.69, 9.17) is 4.74 Å². The maximum Gasteiger partial charge on any atom is 0.288 e. The normalized spacial score (nSPS) is 21.8. The third-order valence-electron chi connectivity index (χ3n) is 6.82. The van der Waals surface area contributed by atoms with Crippen LogP contribution in [0.15, 0.2) is 36.4 Å². The van der Waals surface area contributed by atoms with Crippen molar-refractivity contribution in [1.29, 1.82) is 0 Å². The van der Waals surface area contributed by atoms with Crippen LogP contribution in [0.5, 0.6) is 5.75 Å². The minimum Gasteiger partial charge on any atom is -0.454 e. The molecule has 2 aromatic carbocycles. The van der Waals surface area contributed by atoms with E-state index in [1.807, 2.05) is 20.8 Å². The molecule has 0 bridgehead atoms. The molecule has 2 atom stereocenters. The molecule has 0 saturated carbocycles. The van der Waals surface area contributed by atoms with E-state index in [1.54, 1.807) is 18.2 Å². The average Bonchev–Trinajstić information content (AvgIpc) is 3.18. The maximum atomic E-state index is 13.8. The summed E-state index contributed by atoms with van der Waals surface area (Å²) in [5.74, 6) is -4.95. The second-order valence-corrected chi connectivity index (χ2v) is 9.38. The Labute approximate surface area is 202 Å². The van der Waals surface area contributed by atoms with Gasteiger partial charge in [-0.15, -0.1) is 0 Å². The lowest BCUT2D eigenvalue weighted by molar-refractivity contribution is -0.388. The van der Waals surface area contributed by atoms with Gasteiger partial charge < -0.3 is 15.2 Å². The third kappa shape index (κ3) is 3.61. The molecule has 1 aliphatic carbocycles. The summed E-state index contributed by atoms with van der Waals surface area (Å²) in [6, 6.07) is 8.77. The molecular formula is C26H28N2O7. The molecule has 0 aromatic heterocycles. The number of ketones is 2. The van der Waals surface area contributed by atoms with E-state index in [9.17, 15) is 29.6 Å². The fraction of sp³-hybridized carbons (Fsp3) is 0.423. The summed E-state index contributed by atoms with van der Waals surface area (Å²) < 4.78 is 5.90. The van der Waals surface area contributed by atoms with Crippen molar-refractivity contribution in [2.24, 2.45) is 0 Å². The van der Waals surface area contributed by atoms with Crippen LogP contribution in [0.25, 0.3) is 0 Å². The highest BCUT2D eigenvalue weighted by Crippen LogP contribution is 2.60. The highest BCUT2D eigenvalue weighted by molar-refractivity contribution is 6.37. The van der Waals surface area contributed by atoms with Crippen LogP contribution in [-0.4, -0.2) is 27.5 Å². The number of nitro groups is 1. The number of rotatable bonds is 9. The summed E-state index contributed by atoms with van der Waals surface area (Å²) >= 11 is 0. The number of Topliss-reactive ketones (excluding diaryl/α,β-unsaturated/α-hetero) is 2. The summed E-state index contributed by atoms with van der Waals surface area (Å²) in [6.07, 6.45) is 3.18. The van der Waals surface area contributed by atoms with Crippen LogP contribution in [0.3, 0.4) is 0 Å². The second-order valence-electron chi connectivity index (χ2n) is 9.38. The van der Waals surface area contributed by atoms with E-state index < -0.39 is 39.4 Å². The Morgan fingerprint density at radius 2 is 1.91 bits per heavy atom. The third-order valence-corrected chi connectivity index (χ3v) is 6.82. The van der Waals surface area contributed by atoms with Crippen molar-refractivity contribution in [3.05, 3.63) is 68.8 Å². The molecule has 9 heteroatoms. The van der Waals surface area contributed by atoms with Gasteiger partial charge in [-0.3, -0.25) is 24.5 Å². The van der Waals surface area contributed by atoms with Crippen LogP contribution in [0, 0.1) is 10.1 Å². The predicted molar refractivity (Wildman–Crippen MR) is 126 cm³/mol. The molecule has 1 aliphatic heterocycles. The van der Waals surface area contributed by atoms with E-state index in [-0.39, 0.29) is 34.8 Å². The molecule has 2 unspecified atom stereocenters. The molecular weight excluding hydrogens is 452 g/mol. The zero-order chi connectivity index (χ0) is 25.5. The Balaban J connectivity index is 1.84. The van der Waals surface area contributed by atoms with Crippen LogP contribution < -0.4 is 10.1 Å². The highest BCUT2D eigenvalue weighted by atomic mass is 16.6. The van der Waals surface area contributed by atoms with Gasteiger partial charge in [0.15, 0.2) is 0 Å². The fourth-order valence-electron chi connectivity index (χ4n) is 4.94. The standard InChI is InChI=1S/C26H28N2O7/c1-4-5-6-7-11-20(29)24(31)27-25-18-13-12-16(15(2)3)14-21(18)35-26(25,32)22-17(23(25)30)9-8-10-19(22)28(33)34/h8-10,12-15,32H,4-7,11H2,1-3H3,(H,27,31). The molecule has 9 nitrogen and oxygen atoms in total. The number of nitrogens with zero attached hydrogens (tertiary/aromatic N) is 1. The first-order valence-electron chi connectivity index (χ1n) is 11.8. The van der Waals surface area contributed by atoms with Gasteiger partial charge in [0.1, 0.15) is 11.3 Å². The van der Waals surface area contributed by atoms with Gasteiger partial charge in [0, 0.05) is 23.6 Å². The molecule has 0 saturated heterocycles. The lowest BCUT2D eigenvalue weighted by Gasteiger charge is -2.33. The summed E-state index contributed by atoms with van der Waals surface area (Å²) in [7, 11) is 0. The van der Waals surface area contributed by atoms with Gasteiger partial charge in [0.05, 0.1) is 4.92 Å². The topological polar surface area (TPSA) is 136 Å². The van der Waals surface area contributed by atoms with Crippen molar-refractivity contribution in [2.75, 3.05) is 0 Å². The van der Waals surface area contributed by atoms with Crippen molar-refractivity contribution in [2.45, 2.75) is 70.1 Å². The number of hydrogen-bond acceptors (Lipinski definition) is 7. The van der Waals surface area contributed by atoms with Crippen LogP contribution in [0.1, 0.15) is 85.8 Å². The van der Waals surface area contributed by atoms with Gasteiger partial charge in [0.25, 0.3) is 17.4 Å².